The number of hydrogen-bond acceptors (Lipinski definition) is 6. The Balaban J connectivity index is 1.08. The minimum atomic E-state index is 0.0421. The summed E-state index contributed by atoms with van der Waals surface area (Å²) in [5, 5.41) is 9.51. The maximum atomic E-state index is 6.69. The Morgan fingerprint density at radius 2 is 0.984 bits per heavy atom. The van der Waals surface area contributed by atoms with Crippen molar-refractivity contribution in [2.75, 3.05) is 0 Å². The number of benzene rings is 9. The number of nitrogens with zero attached hydrogens (tertiary/aromatic N) is 3. The molecule has 1 unspecified atom stereocenters. The van der Waals surface area contributed by atoms with E-state index in [1.54, 1.807) is 22.7 Å². The molecular weight excluding hydrogens is 819 g/mol. The molecule has 0 saturated carbocycles. The zero-order valence-electron chi connectivity index (χ0n) is 34.4. The van der Waals surface area contributed by atoms with E-state index in [0.29, 0.717) is 17.5 Å². The molecule has 0 bridgehead atoms. The normalized spacial score (nSPS) is 14.0. The van der Waals surface area contributed by atoms with Crippen molar-refractivity contribution in [1.82, 2.24) is 15.0 Å². The molecule has 300 valence electrons. The minimum absolute atomic E-state index is 0.0421. The van der Waals surface area contributed by atoms with Crippen LogP contribution in [0.2, 0.25) is 0 Å². The number of aryl methyl sites for hydroxylation is 1. The van der Waals surface area contributed by atoms with Crippen LogP contribution in [-0.2, 0) is 6.42 Å². The van der Waals surface area contributed by atoms with Crippen LogP contribution in [0.15, 0.2) is 186 Å². The summed E-state index contributed by atoms with van der Waals surface area (Å²) in [6.07, 6.45) is 1.85. The number of fused-ring (bicyclic) bond motifs is 13. The largest absolute Gasteiger partial charge is 0.456 e. The van der Waals surface area contributed by atoms with E-state index in [2.05, 4.69) is 176 Å². The van der Waals surface area contributed by atoms with Crippen LogP contribution in [0.1, 0.15) is 29.0 Å². The van der Waals surface area contributed by atoms with Crippen LogP contribution in [0.3, 0.4) is 0 Å². The number of thiophene rings is 2. The van der Waals surface area contributed by atoms with Crippen molar-refractivity contribution in [3.63, 3.8) is 0 Å². The molecule has 4 aromatic heterocycles. The quantitative estimate of drug-likeness (QED) is 0.177. The molecule has 0 radical (unpaired) electrons. The Labute approximate surface area is 375 Å². The Hall–Kier alpha value is -7.51. The average Bonchev–Trinajstić information content (AvgIpc) is 4.02. The van der Waals surface area contributed by atoms with Gasteiger partial charge in [-0.15, -0.1) is 22.7 Å². The molecule has 14 rings (SSSR count). The van der Waals surface area contributed by atoms with Gasteiger partial charge < -0.3 is 4.42 Å². The SMILES string of the molecule is c1ccc2c(c1)-c1cc3ccccc3cc1CCC2c1ccc2oc3ccccc3c2c1-c1nc(-c2cccc3c2sc2ccccc23)nc(-c2cccc3c2sc2ccccc23)n1. The van der Waals surface area contributed by atoms with Gasteiger partial charge in [-0.3, -0.25) is 0 Å². The van der Waals surface area contributed by atoms with Gasteiger partial charge >= 0.3 is 0 Å². The number of para-hydroxylation sites is 1. The van der Waals surface area contributed by atoms with E-state index >= 15 is 0 Å². The summed E-state index contributed by atoms with van der Waals surface area (Å²) in [6.45, 7) is 0. The lowest BCUT2D eigenvalue weighted by molar-refractivity contribution is 0.668. The third kappa shape index (κ3) is 5.43. The second-order valence-electron chi connectivity index (χ2n) is 16.9. The Morgan fingerprint density at radius 3 is 1.70 bits per heavy atom. The van der Waals surface area contributed by atoms with E-state index < -0.39 is 0 Å². The van der Waals surface area contributed by atoms with Crippen molar-refractivity contribution < 1.29 is 4.42 Å². The predicted molar refractivity (Wildman–Crippen MR) is 269 cm³/mol. The van der Waals surface area contributed by atoms with Crippen molar-refractivity contribution in [1.29, 1.82) is 0 Å². The molecule has 4 heterocycles. The molecule has 0 N–H and O–H groups in total. The lowest BCUT2D eigenvalue weighted by Crippen LogP contribution is -2.07. The van der Waals surface area contributed by atoms with Crippen LogP contribution in [-0.4, -0.2) is 15.0 Å². The van der Waals surface area contributed by atoms with E-state index in [4.69, 9.17) is 19.4 Å². The van der Waals surface area contributed by atoms with Gasteiger partial charge in [-0.25, -0.2) is 15.0 Å². The van der Waals surface area contributed by atoms with Crippen LogP contribution < -0.4 is 0 Å². The summed E-state index contributed by atoms with van der Waals surface area (Å²) in [4.78, 5) is 16.8. The van der Waals surface area contributed by atoms with Crippen molar-refractivity contribution in [3.8, 4) is 45.3 Å². The summed E-state index contributed by atoms with van der Waals surface area (Å²) in [7, 11) is 0. The van der Waals surface area contributed by atoms with E-state index in [-0.39, 0.29) is 5.92 Å². The molecule has 13 aromatic rings. The standard InChI is InChI=1S/C58H35N3OS2/c1-2-14-34-32-47-35(31-33(34)13-1)27-28-38(36-15-3-4-16-37(36)47)41-29-30-49-52(44-19-5-8-24-48(44)62-49)53(41)58-60-56(45-22-11-20-42-39-17-6-9-25-50(39)63-54(42)45)59-57(61-58)46-23-12-21-43-40-18-7-10-26-51(40)64-55(43)46/h1-26,29-32,38H,27-28H2. The maximum absolute atomic E-state index is 6.69. The van der Waals surface area contributed by atoms with Crippen LogP contribution in [0, 0.1) is 0 Å². The zero-order valence-corrected chi connectivity index (χ0v) is 36.0. The highest BCUT2D eigenvalue weighted by atomic mass is 32.1. The summed E-state index contributed by atoms with van der Waals surface area (Å²) in [5.41, 5.74) is 11.1. The lowest BCUT2D eigenvalue weighted by Gasteiger charge is -2.22. The van der Waals surface area contributed by atoms with Crippen molar-refractivity contribution in [2.24, 2.45) is 0 Å². The van der Waals surface area contributed by atoms with Crippen LogP contribution in [0.4, 0.5) is 0 Å². The third-order valence-corrected chi connectivity index (χ3v) is 15.8. The minimum Gasteiger partial charge on any atom is -0.456 e. The van der Waals surface area contributed by atoms with Gasteiger partial charge in [0.25, 0.3) is 0 Å². The molecule has 0 saturated heterocycles. The Bertz CT molecular complexity index is 3930. The zero-order chi connectivity index (χ0) is 41.9. The summed E-state index contributed by atoms with van der Waals surface area (Å²) in [5.74, 6) is 2.01. The average molecular weight is 854 g/mol. The van der Waals surface area contributed by atoms with Crippen molar-refractivity contribution >= 4 is 95.7 Å². The smallest absolute Gasteiger partial charge is 0.165 e. The van der Waals surface area contributed by atoms with Crippen LogP contribution in [0.5, 0.6) is 0 Å². The topological polar surface area (TPSA) is 51.8 Å². The number of hydrogen-bond donors (Lipinski definition) is 0. The molecular formula is C58H35N3OS2. The molecule has 9 aromatic carbocycles. The van der Waals surface area contributed by atoms with Gasteiger partial charge in [0, 0.05) is 73.7 Å². The Kier molecular flexibility index (Phi) is 7.88. The molecule has 0 aliphatic heterocycles. The van der Waals surface area contributed by atoms with Gasteiger partial charge in [0.2, 0.25) is 0 Å². The molecule has 0 amide bonds. The fourth-order valence-electron chi connectivity index (χ4n) is 10.5. The first-order valence-electron chi connectivity index (χ1n) is 21.8. The van der Waals surface area contributed by atoms with E-state index in [1.807, 2.05) is 6.07 Å². The first kappa shape index (κ1) is 36.0. The number of rotatable bonds is 4. The van der Waals surface area contributed by atoms with Gasteiger partial charge in [0.05, 0.1) is 0 Å². The van der Waals surface area contributed by atoms with Crippen LogP contribution in [0.25, 0.3) is 118 Å². The summed E-state index contributed by atoms with van der Waals surface area (Å²) < 4.78 is 11.5. The number of aromatic nitrogens is 3. The van der Waals surface area contributed by atoms with E-state index in [1.165, 1.54) is 78.9 Å². The molecule has 0 fully saturated rings. The fourth-order valence-corrected chi connectivity index (χ4v) is 12.9. The van der Waals surface area contributed by atoms with Gasteiger partial charge in [-0.1, -0.05) is 140 Å². The highest BCUT2D eigenvalue weighted by Gasteiger charge is 2.30. The van der Waals surface area contributed by atoms with Gasteiger partial charge in [-0.05, 0) is 93.9 Å². The molecule has 1 aliphatic carbocycles. The summed E-state index contributed by atoms with van der Waals surface area (Å²) in [6, 6.07) is 65.8. The van der Waals surface area contributed by atoms with E-state index in [0.717, 1.165) is 51.5 Å². The molecule has 1 aliphatic rings. The lowest BCUT2D eigenvalue weighted by atomic mass is 9.82. The van der Waals surface area contributed by atoms with Gasteiger partial charge in [-0.2, -0.15) is 0 Å². The van der Waals surface area contributed by atoms with Crippen molar-refractivity contribution in [2.45, 2.75) is 18.8 Å². The monoisotopic (exact) mass is 853 g/mol. The number of furan rings is 1. The Morgan fingerprint density at radius 1 is 0.422 bits per heavy atom. The first-order chi connectivity index (χ1) is 31.7. The van der Waals surface area contributed by atoms with E-state index in [9.17, 15) is 0 Å². The molecule has 4 nitrogen and oxygen atoms in total. The molecule has 64 heavy (non-hydrogen) atoms. The second-order valence-corrected chi connectivity index (χ2v) is 19.0. The highest BCUT2D eigenvalue weighted by Crippen LogP contribution is 2.49. The fraction of sp³-hybridized carbons (Fsp3) is 0.0517. The molecule has 6 heteroatoms. The predicted octanol–water partition coefficient (Wildman–Crippen LogP) is 16.4. The van der Waals surface area contributed by atoms with Crippen molar-refractivity contribution in [3.05, 3.63) is 199 Å². The van der Waals surface area contributed by atoms with Gasteiger partial charge in [0.15, 0.2) is 17.5 Å². The maximum Gasteiger partial charge on any atom is 0.165 e. The molecule has 1 atom stereocenters. The third-order valence-electron chi connectivity index (χ3n) is 13.4. The highest BCUT2D eigenvalue weighted by molar-refractivity contribution is 7.26. The van der Waals surface area contributed by atoms with Gasteiger partial charge in [0.1, 0.15) is 11.2 Å². The second kappa shape index (κ2) is 14.0. The summed E-state index contributed by atoms with van der Waals surface area (Å²) >= 11 is 3.60. The first-order valence-corrected chi connectivity index (χ1v) is 23.5. The molecule has 0 spiro atoms. The van der Waals surface area contributed by atoms with Crippen LogP contribution >= 0.6 is 22.7 Å².